The predicted octanol–water partition coefficient (Wildman–Crippen LogP) is 15.6. The van der Waals surface area contributed by atoms with Gasteiger partial charge in [-0.1, -0.05) is 197 Å². The van der Waals surface area contributed by atoms with E-state index in [0.29, 0.717) is 19.3 Å². The molecular formula is C56H99O11P. The van der Waals surface area contributed by atoms with Gasteiger partial charge in [0.15, 0.2) is 6.10 Å². The topological polar surface area (TPSA) is 155 Å². The zero-order valence-corrected chi connectivity index (χ0v) is 44.2. The second-order valence-electron chi connectivity index (χ2n) is 18.0. The quantitative estimate of drug-likeness (QED) is 0.0197. The van der Waals surface area contributed by atoms with E-state index in [-0.39, 0.29) is 25.9 Å². The largest absolute Gasteiger partial charge is 0.472 e. The molecule has 12 heteroatoms. The highest BCUT2D eigenvalue weighted by molar-refractivity contribution is 7.47. The van der Waals surface area contributed by atoms with Gasteiger partial charge in [-0.15, -0.1) is 0 Å². The molecule has 3 unspecified atom stereocenters. The van der Waals surface area contributed by atoms with Crippen molar-refractivity contribution in [1.82, 2.24) is 0 Å². The Hall–Kier alpha value is -2.82. The summed E-state index contributed by atoms with van der Waals surface area (Å²) < 4.78 is 39.4. The van der Waals surface area contributed by atoms with E-state index in [1.807, 2.05) is 0 Å². The van der Waals surface area contributed by atoms with Crippen LogP contribution in [0.25, 0.3) is 0 Å². The van der Waals surface area contributed by atoms with Crippen molar-refractivity contribution in [3.05, 3.63) is 60.8 Å². The van der Waals surface area contributed by atoms with Crippen molar-refractivity contribution in [1.29, 1.82) is 0 Å². The van der Waals surface area contributed by atoms with Crippen LogP contribution in [0.15, 0.2) is 60.8 Å². The first-order chi connectivity index (χ1) is 33.2. The Morgan fingerprint density at radius 3 is 1.21 bits per heavy atom. The van der Waals surface area contributed by atoms with Crippen molar-refractivity contribution >= 4 is 25.7 Å². The number of phosphoric ester groups is 1. The molecule has 0 fully saturated rings. The Morgan fingerprint density at radius 2 is 0.765 bits per heavy atom. The Labute approximate surface area is 415 Å². The van der Waals surface area contributed by atoms with Crippen LogP contribution >= 0.6 is 7.82 Å². The normalized spacial score (nSPS) is 13.9. The Balaban J connectivity index is 4.78. The van der Waals surface area contributed by atoms with E-state index in [4.69, 9.17) is 23.3 Å². The minimum absolute atomic E-state index is 0.148. The summed E-state index contributed by atoms with van der Waals surface area (Å²) in [5.41, 5.74) is 0. The fourth-order valence-electron chi connectivity index (χ4n) is 7.28. The predicted molar refractivity (Wildman–Crippen MR) is 279 cm³/mol. The van der Waals surface area contributed by atoms with Crippen molar-refractivity contribution in [2.24, 2.45) is 0 Å². The lowest BCUT2D eigenvalue weighted by atomic mass is 10.1. The molecule has 68 heavy (non-hydrogen) atoms. The molecule has 0 aliphatic heterocycles. The van der Waals surface area contributed by atoms with Crippen LogP contribution in [0.5, 0.6) is 0 Å². The third kappa shape index (κ3) is 48.2. The van der Waals surface area contributed by atoms with Crippen molar-refractivity contribution in [3.63, 3.8) is 0 Å². The Kier molecular flexibility index (Phi) is 48.5. The SMILES string of the molecule is CC/C=C\C/C=C\C/C=C\CCCCCCCC(=O)OCC(COP(=O)(O)OCC(CO)OC(=O)CCCCCCCCCCCCC)OC(=O)CCCCCCC/C=C\C/C=C\CCCCC. The summed E-state index contributed by atoms with van der Waals surface area (Å²) in [6.45, 7) is 4.46. The van der Waals surface area contributed by atoms with E-state index in [2.05, 4.69) is 81.5 Å². The highest BCUT2D eigenvalue weighted by atomic mass is 31.2. The van der Waals surface area contributed by atoms with Gasteiger partial charge in [0.25, 0.3) is 0 Å². The molecule has 0 spiro atoms. The van der Waals surface area contributed by atoms with Crippen molar-refractivity contribution in [3.8, 4) is 0 Å². The molecule has 0 aliphatic carbocycles. The monoisotopic (exact) mass is 979 g/mol. The van der Waals surface area contributed by atoms with Gasteiger partial charge >= 0.3 is 25.7 Å². The lowest BCUT2D eigenvalue weighted by molar-refractivity contribution is -0.161. The fourth-order valence-corrected chi connectivity index (χ4v) is 8.07. The second-order valence-corrected chi connectivity index (χ2v) is 19.5. The van der Waals surface area contributed by atoms with E-state index >= 15 is 0 Å². The molecule has 0 saturated heterocycles. The van der Waals surface area contributed by atoms with Gasteiger partial charge in [0, 0.05) is 19.3 Å². The second kappa shape index (κ2) is 50.6. The number of allylic oxidation sites excluding steroid dienone is 10. The summed E-state index contributed by atoms with van der Waals surface area (Å²) in [5, 5.41) is 9.77. The van der Waals surface area contributed by atoms with Crippen LogP contribution in [0.2, 0.25) is 0 Å². The smallest absolute Gasteiger partial charge is 0.462 e. The molecule has 394 valence electrons. The van der Waals surface area contributed by atoms with E-state index in [1.165, 1.54) is 64.2 Å². The number of aliphatic hydroxyl groups excluding tert-OH is 1. The number of ether oxygens (including phenoxy) is 3. The summed E-state index contributed by atoms with van der Waals surface area (Å²) in [4.78, 5) is 48.4. The summed E-state index contributed by atoms with van der Waals surface area (Å²) in [7, 11) is -4.75. The summed E-state index contributed by atoms with van der Waals surface area (Å²) >= 11 is 0. The first kappa shape index (κ1) is 65.2. The maximum absolute atomic E-state index is 12.9. The first-order valence-electron chi connectivity index (χ1n) is 27.2. The third-order valence-electron chi connectivity index (χ3n) is 11.4. The molecule has 0 saturated carbocycles. The summed E-state index contributed by atoms with van der Waals surface area (Å²) in [5.74, 6) is -1.50. The average Bonchev–Trinajstić information content (AvgIpc) is 3.32. The van der Waals surface area contributed by atoms with Crippen molar-refractivity contribution in [2.75, 3.05) is 26.4 Å². The highest BCUT2D eigenvalue weighted by Gasteiger charge is 2.28. The van der Waals surface area contributed by atoms with Crippen LogP contribution < -0.4 is 0 Å². The molecule has 0 aromatic carbocycles. The molecule has 2 N–H and O–H groups in total. The zero-order chi connectivity index (χ0) is 49.9. The third-order valence-corrected chi connectivity index (χ3v) is 12.4. The number of aliphatic hydroxyl groups is 1. The van der Waals surface area contributed by atoms with Gasteiger partial charge in [-0.05, 0) is 83.5 Å². The maximum atomic E-state index is 12.9. The van der Waals surface area contributed by atoms with Crippen LogP contribution in [-0.4, -0.2) is 66.5 Å². The Bertz CT molecular complexity index is 1370. The van der Waals surface area contributed by atoms with Crippen LogP contribution in [0.3, 0.4) is 0 Å². The number of phosphoric acid groups is 1. The Morgan fingerprint density at radius 1 is 0.426 bits per heavy atom. The van der Waals surface area contributed by atoms with Gasteiger partial charge in [-0.3, -0.25) is 23.4 Å². The highest BCUT2D eigenvalue weighted by Crippen LogP contribution is 2.43. The lowest BCUT2D eigenvalue weighted by Gasteiger charge is -2.21. The molecule has 0 aliphatic rings. The number of esters is 3. The molecular weight excluding hydrogens is 880 g/mol. The number of hydrogen-bond donors (Lipinski definition) is 2. The molecule has 3 atom stereocenters. The zero-order valence-electron chi connectivity index (χ0n) is 43.3. The number of hydrogen-bond acceptors (Lipinski definition) is 10. The minimum Gasteiger partial charge on any atom is -0.462 e. The molecule has 0 aromatic heterocycles. The first-order valence-corrected chi connectivity index (χ1v) is 28.7. The van der Waals surface area contributed by atoms with E-state index in [0.717, 1.165) is 116 Å². The van der Waals surface area contributed by atoms with Crippen molar-refractivity contribution in [2.45, 2.75) is 251 Å². The van der Waals surface area contributed by atoms with Gasteiger partial charge in [0.05, 0.1) is 19.8 Å². The van der Waals surface area contributed by atoms with Crippen molar-refractivity contribution < 1.29 is 52.2 Å². The number of rotatable bonds is 50. The minimum atomic E-state index is -4.75. The fraction of sp³-hybridized carbons (Fsp3) is 0.768. The van der Waals surface area contributed by atoms with Crippen LogP contribution in [0.4, 0.5) is 0 Å². The van der Waals surface area contributed by atoms with Gasteiger partial charge < -0.3 is 24.2 Å². The van der Waals surface area contributed by atoms with E-state index < -0.39 is 57.8 Å². The lowest BCUT2D eigenvalue weighted by Crippen LogP contribution is -2.30. The number of carbonyl (C=O) groups is 3. The van der Waals surface area contributed by atoms with Gasteiger partial charge in [0.2, 0.25) is 0 Å². The van der Waals surface area contributed by atoms with Gasteiger partial charge in [0.1, 0.15) is 12.7 Å². The molecule has 0 rings (SSSR count). The van der Waals surface area contributed by atoms with Gasteiger partial charge in [-0.25, -0.2) is 4.57 Å². The molecule has 0 aromatic rings. The molecule has 0 amide bonds. The summed E-state index contributed by atoms with van der Waals surface area (Å²) in [6, 6.07) is 0. The molecule has 0 radical (unpaired) electrons. The van der Waals surface area contributed by atoms with Gasteiger partial charge in [-0.2, -0.15) is 0 Å². The molecule has 0 heterocycles. The number of unbranched alkanes of at least 4 members (excludes halogenated alkanes) is 23. The maximum Gasteiger partial charge on any atom is 0.472 e. The van der Waals surface area contributed by atoms with E-state index in [9.17, 15) is 28.9 Å². The standard InChI is InChI=1S/C56H99O11P/c1-4-7-10-13-16-19-22-24-26-28-31-33-36-39-42-45-54(58)63-49-53(67-56(60)47-44-41-38-35-32-29-27-25-23-20-17-14-11-8-5-2)51-65-68(61,62)64-50-52(48-57)66-55(59)46-43-40-37-34-30-21-18-15-12-9-6-3/h7,10,16-17,19-20,24-27,52-53,57H,4-6,8-9,11-15,18,21-23,28-51H2,1-3H3,(H,61,62)/b10-7-,19-16-,20-17-,26-24-,27-25-. The summed E-state index contributed by atoms with van der Waals surface area (Å²) in [6.07, 6.45) is 53.2. The van der Waals surface area contributed by atoms with E-state index in [1.54, 1.807) is 0 Å². The average molecular weight is 979 g/mol. The van der Waals surface area contributed by atoms with Crippen LogP contribution in [0, 0.1) is 0 Å². The molecule has 0 bridgehead atoms. The van der Waals surface area contributed by atoms with Crippen LogP contribution in [0.1, 0.15) is 239 Å². The number of carbonyl (C=O) groups excluding carboxylic acids is 3. The van der Waals surface area contributed by atoms with Crippen LogP contribution in [-0.2, 0) is 42.2 Å². The molecule has 11 nitrogen and oxygen atoms in total.